The minimum absolute atomic E-state index is 0.0541. The predicted octanol–water partition coefficient (Wildman–Crippen LogP) is 2.64. The van der Waals surface area contributed by atoms with Crippen molar-refractivity contribution >= 4 is 37.8 Å². The van der Waals surface area contributed by atoms with Gasteiger partial charge in [-0.2, -0.15) is 13.2 Å². The summed E-state index contributed by atoms with van der Waals surface area (Å²) in [6.45, 7) is 1.58. The van der Waals surface area contributed by atoms with Gasteiger partial charge in [0.2, 0.25) is 0 Å². The fraction of sp³-hybridized carbons (Fsp3) is 0.833. The molecule has 2 nitrogen and oxygen atoms in total. The van der Waals surface area contributed by atoms with Crippen LogP contribution in [0.4, 0.5) is 13.2 Å². The molecule has 0 aliphatic rings. The summed E-state index contributed by atoms with van der Waals surface area (Å²) in [7, 11) is 0. The fourth-order valence-electron chi connectivity index (χ4n) is 0.507. The lowest BCUT2D eigenvalue weighted by Gasteiger charge is -2.17. The minimum Gasteiger partial charge on any atom is -0.465 e. The molecule has 0 N–H and O–H groups in total. The molecule has 0 aliphatic heterocycles. The van der Waals surface area contributed by atoms with Crippen molar-refractivity contribution in [3.05, 3.63) is 0 Å². The Morgan fingerprint density at radius 1 is 1.46 bits per heavy atom. The van der Waals surface area contributed by atoms with Gasteiger partial charge in [-0.05, 0) is 6.92 Å². The van der Waals surface area contributed by atoms with Gasteiger partial charge >= 0.3 is 12.1 Å². The molecule has 78 valence electrons. The van der Waals surface area contributed by atoms with Crippen molar-refractivity contribution in [2.45, 2.75) is 22.8 Å². The highest BCUT2D eigenvalue weighted by Gasteiger charge is 2.45. The van der Waals surface area contributed by atoms with E-state index in [0.717, 1.165) is 0 Å². The van der Waals surface area contributed by atoms with E-state index in [1.54, 1.807) is 0 Å². The standard InChI is InChI=1S/C6H7Br2F3O2/c1-2-13-5(12)3(7)4(8)6(9,10)11/h3-4H,2H2,1H3. The van der Waals surface area contributed by atoms with Gasteiger partial charge in [0, 0.05) is 0 Å². The monoisotopic (exact) mass is 326 g/mol. The Morgan fingerprint density at radius 3 is 2.23 bits per heavy atom. The van der Waals surface area contributed by atoms with E-state index < -0.39 is 21.8 Å². The number of halogens is 5. The Bertz CT molecular complexity index is 183. The maximum Gasteiger partial charge on any atom is 0.402 e. The second-order valence-corrected chi connectivity index (χ2v) is 4.07. The summed E-state index contributed by atoms with van der Waals surface area (Å²) in [5, 5.41) is 0. The van der Waals surface area contributed by atoms with Gasteiger partial charge < -0.3 is 4.74 Å². The highest BCUT2D eigenvalue weighted by Crippen LogP contribution is 2.32. The lowest BCUT2D eigenvalue weighted by molar-refractivity contribution is -0.152. The van der Waals surface area contributed by atoms with Crippen molar-refractivity contribution in [2.75, 3.05) is 6.61 Å². The van der Waals surface area contributed by atoms with Crippen LogP contribution in [0.5, 0.6) is 0 Å². The highest BCUT2D eigenvalue weighted by atomic mass is 79.9. The highest BCUT2D eigenvalue weighted by molar-refractivity contribution is 9.12. The zero-order valence-corrected chi connectivity index (χ0v) is 9.74. The summed E-state index contributed by atoms with van der Waals surface area (Å²) < 4.78 is 40.5. The van der Waals surface area contributed by atoms with Gasteiger partial charge in [0.1, 0.15) is 9.65 Å². The Kier molecular flexibility index (Phi) is 5.28. The third-order valence-electron chi connectivity index (χ3n) is 1.08. The Labute approximate surface area is 90.1 Å². The first-order chi connectivity index (χ1) is 5.80. The quantitative estimate of drug-likeness (QED) is 0.588. The van der Waals surface area contributed by atoms with Crippen LogP contribution in [0.25, 0.3) is 0 Å². The third-order valence-corrected chi connectivity index (χ3v) is 3.74. The Morgan fingerprint density at radius 2 is 1.92 bits per heavy atom. The number of rotatable bonds is 3. The minimum atomic E-state index is -4.47. The molecule has 0 bridgehead atoms. The molecule has 0 heterocycles. The van der Waals surface area contributed by atoms with E-state index in [-0.39, 0.29) is 6.61 Å². The van der Waals surface area contributed by atoms with E-state index in [1.165, 1.54) is 6.92 Å². The van der Waals surface area contributed by atoms with Crippen LogP contribution in [0.15, 0.2) is 0 Å². The van der Waals surface area contributed by atoms with Crippen LogP contribution in [0.2, 0.25) is 0 Å². The van der Waals surface area contributed by atoms with Crippen LogP contribution < -0.4 is 0 Å². The zero-order valence-electron chi connectivity index (χ0n) is 6.57. The van der Waals surface area contributed by atoms with E-state index >= 15 is 0 Å². The van der Waals surface area contributed by atoms with Gasteiger partial charge in [-0.3, -0.25) is 4.79 Å². The average molecular weight is 328 g/mol. The molecule has 0 saturated heterocycles. The molecule has 2 unspecified atom stereocenters. The Hall–Kier alpha value is 0.220. The molecule has 0 aliphatic carbocycles. The van der Waals surface area contributed by atoms with Gasteiger partial charge in [-0.1, -0.05) is 31.9 Å². The van der Waals surface area contributed by atoms with Crippen molar-refractivity contribution in [3.8, 4) is 0 Å². The molecule has 0 rings (SSSR count). The summed E-state index contributed by atoms with van der Waals surface area (Å²) in [5.74, 6) is -0.929. The molecule has 13 heavy (non-hydrogen) atoms. The fourth-order valence-corrected chi connectivity index (χ4v) is 1.15. The number of esters is 1. The van der Waals surface area contributed by atoms with Crippen LogP contribution in [0.1, 0.15) is 6.92 Å². The lowest BCUT2D eigenvalue weighted by Crippen LogP contribution is -2.37. The molecule has 2 atom stereocenters. The zero-order chi connectivity index (χ0) is 10.6. The van der Waals surface area contributed by atoms with E-state index in [1.807, 2.05) is 0 Å². The Balaban J connectivity index is 4.25. The average Bonchev–Trinajstić information content (AvgIpc) is 2.00. The van der Waals surface area contributed by atoms with Crippen molar-refractivity contribution in [1.29, 1.82) is 0 Å². The molecular formula is C6H7Br2F3O2. The van der Waals surface area contributed by atoms with E-state index in [2.05, 4.69) is 36.6 Å². The summed E-state index contributed by atoms with van der Waals surface area (Å²) >= 11 is 4.97. The molecule has 7 heteroatoms. The number of alkyl halides is 5. The van der Waals surface area contributed by atoms with Crippen LogP contribution in [0, 0.1) is 0 Å². The van der Waals surface area contributed by atoms with E-state index in [9.17, 15) is 18.0 Å². The maximum atomic E-state index is 12.0. The first-order valence-electron chi connectivity index (χ1n) is 3.32. The van der Waals surface area contributed by atoms with Gasteiger partial charge in [0.25, 0.3) is 0 Å². The predicted molar refractivity (Wildman–Crippen MR) is 48.1 cm³/mol. The maximum absolute atomic E-state index is 12.0. The number of hydrogen-bond donors (Lipinski definition) is 0. The molecule has 0 fully saturated rings. The van der Waals surface area contributed by atoms with Crippen molar-refractivity contribution < 1.29 is 22.7 Å². The van der Waals surface area contributed by atoms with Crippen LogP contribution >= 0.6 is 31.9 Å². The van der Waals surface area contributed by atoms with E-state index in [0.29, 0.717) is 0 Å². The number of hydrogen-bond acceptors (Lipinski definition) is 2. The normalized spacial score (nSPS) is 16.5. The number of ether oxygens (including phenoxy) is 1. The summed E-state index contributed by atoms with van der Waals surface area (Å²) in [5.41, 5.74) is 0. The molecule has 0 spiro atoms. The first-order valence-corrected chi connectivity index (χ1v) is 5.15. The van der Waals surface area contributed by atoms with Gasteiger partial charge in [0.05, 0.1) is 6.61 Å². The summed E-state index contributed by atoms with van der Waals surface area (Å²) in [6, 6.07) is 0. The van der Waals surface area contributed by atoms with Crippen molar-refractivity contribution in [1.82, 2.24) is 0 Å². The van der Waals surface area contributed by atoms with Gasteiger partial charge in [-0.15, -0.1) is 0 Å². The molecule has 0 radical (unpaired) electrons. The van der Waals surface area contributed by atoms with Crippen LogP contribution in [-0.2, 0) is 9.53 Å². The van der Waals surface area contributed by atoms with Crippen LogP contribution in [0.3, 0.4) is 0 Å². The molecule has 0 amide bonds. The SMILES string of the molecule is CCOC(=O)C(Br)C(Br)C(F)(F)F. The third kappa shape index (κ3) is 4.30. The van der Waals surface area contributed by atoms with Gasteiger partial charge in [0.15, 0.2) is 0 Å². The molecule has 0 aromatic carbocycles. The molecule has 0 aromatic rings. The second kappa shape index (κ2) is 5.19. The smallest absolute Gasteiger partial charge is 0.402 e. The lowest BCUT2D eigenvalue weighted by atomic mass is 10.3. The van der Waals surface area contributed by atoms with Crippen molar-refractivity contribution in [2.24, 2.45) is 0 Å². The molecular weight excluding hydrogens is 321 g/mol. The second-order valence-electron chi connectivity index (χ2n) is 2.10. The number of carbonyl (C=O) groups is 1. The number of carbonyl (C=O) groups excluding carboxylic acids is 1. The van der Waals surface area contributed by atoms with Crippen molar-refractivity contribution in [3.63, 3.8) is 0 Å². The van der Waals surface area contributed by atoms with Gasteiger partial charge in [-0.25, -0.2) is 0 Å². The first kappa shape index (κ1) is 13.2. The van der Waals surface area contributed by atoms with Crippen LogP contribution in [-0.4, -0.2) is 28.4 Å². The largest absolute Gasteiger partial charge is 0.465 e. The van der Waals surface area contributed by atoms with E-state index in [4.69, 9.17) is 0 Å². The molecule has 0 saturated carbocycles. The summed E-state index contributed by atoms with van der Waals surface area (Å²) in [4.78, 5) is 7.49. The topological polar surface area (TPSA) is 26.3 Å². The summed E-state index contributed by atoms with van der Waals surface area (Å²) in [6.07, 6.45) is -4.47. The molecule has 0 aromatic heterocycles.